The number of hydrogen-bond donors (Lipinski definition) is 2. The van der Waals surface area contributed by atoms with Crippen LogP contribution in [0.25, 0.3) is 0 Å². The minimum absolute atomic E-state index is 0.0835. The topological polar surface area (TPSA) is 59.8 Å². The highest BCUT2D eigenvalue weighted by atomic mass is 19.1. The highest BCUT2D eigenvalue weighted by Crippen LogP contribution is 2.16. The maximum Gasteiger partial charge on any atom is 0.337 e. The maximum atomic E-state index is 13.0. The molecule has 0 saturated heterocycles. The first-order valence-electron chi connectivity index (χ1n) is 8.62. The molecule has 5 nitrogen and oxygen atoms in total. The summed E-state index contributed by atoms with van der Waals surface area (Å²) in [6.07, 6.45) is 2.22. The van der Waals surface area contributed by atoms with E-state index in [1.807, 2.05) is 0 Å². The van der Waals surface area contributed by atoms with Crippen LogP contribution in [0.15, 0.2) is 48.5 Å². The average molecular weight is 357 g/mol. The molecule has 1 saturated carbocycles. The van der Waals surface area contributed by atoms with Gasteiger partial charge < -0.3 is 15.0 Å². The fraction of sp³-hybridized carbons (Fsp3) is 0.300. The molecule has 0 bridgehead atoms. The van der Waals surface area contributed by atoms with Crippen LogP contribution in [-0.4, -0.2) is 31.6 Å². The van der Waals surface area contributed by atoms with Crippen molar-refractivity contribution in [2.75, 3.05) is 19.0 Å². The Kier molecular flexibility index (Phi) is 5.63. The smallest absolute Gasteiger partial charge is 0.337 e. The third-order valence-electron chi connectivity index (χ3n) is 4.48. The molecule has 0 heterocycles. The Morgan fingerprint density at radius 1 is 1.12 bits per heavy atom. The van der Waals surface area contributed by atoms with E-state index < -0.39 is 5.97 Å². The number of hydrogen-bond acceptors (Lipinski definition) is 3. The van der Waals surface area contributed by atoms with E-state index in [4.69, 9.17) is 0 Å². The minimum atomic E-state index is -0.411. The van der Waals surface area contributed by atoms with Gasteiger partial charge in [0.15, 0.2) is 6.54 Å². The van der Waals surface area contributed by atoms with E-state index in [1.165, 1.54) is 24.1 Å². The van der Waals surface area contributed by atoms with Gasteiger partial charge in [0, 0.05) is 24.1 Å². The van der Waals surface area contributed by atoms with Gasteiger partial charge in [-0.15, -0.1) is 0 Å². The maximum absolute atomic E-state index is 13.0. The van der Waals surface area contributed by atoms with Crippen molar-refractivity contribution in [2.45, 2.75) is 25.4 Å². The molecular weight excluding hydrogens is 335 g/mol. The van der Waals surface area contributed by atoms with Crippen LogP contribution in [0.1, 0.15) is 28.8 Å². The summed E-state index contributed by atoms with van der Waals surface area (Å²) in [5, 5.41) is 2.86. The van der Waals surface area contributed by atoms with Gasteiger partial charge in [-0.2, -0.15) is 0 Å². The van der Waals surface area contributed by atoms with Gasteiger partial charge in [0.2, 0.25) is 0 Å². The normalized spacial score (nSPS) is 14.5. The van der Waals surface area contributed by atoms with Crippen LogP contribution in [0.4, 0.5) is 10.1 Å². The number of amides is 1. The molecule has 1 aliphatic rings. The van der Waals surface area contributed by atoms with Gasteiger partial charge in [0.1, 0.15) is 12.4 Å². The highest BCUT2D eigenvalue weighted by molar-refractivity contribution is 5.93. The number of ether oxygens (including phenoxy) is 1. The molecule has 0 radical (unpaired) electrons. The lowest BCUT2D eigenvalue weighted by atomic mass is 10.2. The second kappa shape index (κ2) is 8.10. The summed E-state index contributed by atoms with van der Waals surface area (Å²) in [4.78, 5) is 25.0. The molecule has 136 valence electrons. The largest absolute Gasteiger partial charge is 0.465 e. The fourth-order valence-corrected chi connectivity index (χ4v) is 2.93. The summed E-state index contributed by atoms with van der Waals surface area (Å²) in [5.41, 5.74) is 2.09. The summed E-state index contributed by atoms with van der Waals surface area (Å²) >= 11 is 0. The quantitative estimate of drug-likeness (QED) is 0.743. The summed E-state index contributed by atoms with van der Waals surface area (Å²) in [7, 11) is 1.33. The number of anilines is 1. The molecule has 1 fully saturated rings. The fourth-order valence-electron chi connectivity index (χ4n) is 2.93. The van der Waals surface area contributed by atoms with Crippen molar-refractivity contribution in [3.05, 3.63) is 65.5 Å². The van der Waals surface area contributed by atoms with Crippen LogP contribution >= 0.6 is 0 Å². The summed E-state index contributed by atoms with van der Waals surface area (Å²) < 4.78 is 17.7. The number of methoxy groups -OCH3 is 1. The number of benzene rings is 2. The minimum Gasteiger partial charge on any atom is -0.465 e. The molecule has 26 heavy (non-hydrogen) atoms. The Morgan fingerprint density at radius 2 is 1.77 bits per heavy atom. The van der Waals surface area contributed by atoms with Crippen LogP contribution in [0.2, 0.25) is 0 Å². The van der Waals surface area contributed by atoms with E-state index in [2.05, 4.69) is 10.1 Å². The van der Waals surface area contributed by atoms with Crippen molar-refractivity contribution in [3.63, 3.8) is 0 Å². The lowest BCUT2D eigenvalue weighted by molar-refractivity contribution is -0.916. The van der Waals surface area contributed by atoms with Gasteiger partial charge in [-0.05, 0) is 36.4 Å². The number of nitrogens with one attached hydrogen (secondary N) is 2. The summed E-state index contributed by atoms with van der Waals surface area (Å²) in [5.74, 6) is -0.749. The monoisotopic (exact) mass is 357 g/mol. The van der Waals surface area contributed by atoms with E-state index in [1.54, 1.807) is 36.4 Å². The van der Waals surface area contributed by atoms with Crippen LogP contribution in [0.5, 0.6) is 0 Å². The number of esters is 1. The number of halogens is 1. The average Bonchev–Trinajstić information content (AvgIpc) is 3.48. The molecule has 3 rings (SSSR count). The first-order valence-corrected chi connectivity index (χ1v) is 8.62. The zero-order valence-electron chi connectivity index (χ0n) is 14.6. The Labute approximate surface area is 151 Å². The number of carbonyl (C=O) groups excluding carboxylic acids is 2. The highest BCUT2D eigenvalue weighted by Gasteiger charge is 2.34. The number of rotatable bonds is 7. The van der Waals surface area contributed by atoms with Crippen molar-refractivity contribution in [1.82, 2.24) is 0 Å². The molecule has 2 N–H and O–H groups in total. The zero-order chi connectivity index (χ0) is 18.5. The molecule has 2 aromatic carbocycles. The van der Waals surface area contributed by atoms with E-state index in [-0.39, 0.29) is 11.7 Å². The van der Waals surface area contributed by atoms with Crippen LogP contribution in [0.3, 0.4) is 0 Å². The molecule has 2 aromatic rings. The Hall–Kier alpha value is -2.73. The predicted octanol–water partition coefficient (Wildman–Crippen LogP) is 1.80. The van der Waals surface area contributed by atoms with Crippen molar-refractivity contribution in [3.8, 4) is 0 Å². The van der Waals surface area contributed by atoms with E-state index in [0.717, 1.165) is 18.4 Å². The SMILES string of the molecule is COC(=O)c1ccc(NC(=O)C[NH+](Cc2ccc(F)cc2)C2CC2)cc1. The Morgan fingerprint density at radius 3 is 2.35 bits per heavy atom. The first-order chi connectivity index (χ1) is 12.5. The zero-order valence-corrected chi connectivity index (χ0v) is 14.6. The van der Waals surface area contributed by atoms with Crippen molar-refractivity contribution in [1.29, 1.82) is 0 Å². The van der Waals surface area contributed by atoms with Gasteiger partial charge in [-0.25, -0.2) is 9.18 Å². The molecular formula is C20H22FN2O3+. The van der Waals surface area contributed by atoms with E-state index >= 15 is 0 Å². The van der Waals surface area contributed by atoms with E-state index in [0.29, 0.717) is 30.4 Å². The number of carbonyl (C=O) groups is 2. The van der Waals surface area contributed by atoms with Crippen LogP contribution in [0, 0.1) is 5.82 Å². The van der Waals surface area contributed by atoms with Gasteiger partial charge in [-0.3, -0.25) is 4.79 Å². The van der Waals surface area contributed by atoms with Gasteiger partial charge in [-0.1, -0.05) is 12.1 Å². The summed E-state index contributed by atoms with van der Waals surface area (Å²) in [6, 6.07) is 13.5. The van der Waals surface area contributed by atoms with Crippen molar-refractivity contribution < 1.29 is 23.6 Å². The summed E-state index contributed by atoms with van der Waals surface area (Å²) in [6.45, 7) is 1.04. The molecule has 1 amide bonds. The molecule has 1 unspecified atom stereocenters. The molecule has 0 aromatic heterocycles. The predicted molar refractivity (Wildman–Crippen MR) is 95.4 cm³/mol. The third-order valence-corrected chi connectivity index (χ3v) is 4.48. The Bertz CT molecular complexity index is 771. The van der Waals surface area contributed by atoms with Crippen LogP contribution in [-0.2, 0) is 16.1 Å². The van der Waals surface area contributed by atoms with Gasteiger partial charge >= 0.3 is 5.97 Å². The van der Waals surface area contributed by atoms with Gasteiger partial charge in [0.25, 0.3) is 5.91 Å². The third kappa shape index (κ3) is 4.89. The molecule has 6 heteroatoms. The lowest BCUT2D eigenvalue weighted by Gasteiger charge is -2.19. The standard InChI is InChI=1S/C20H21FN2O3/c1-26-20(25)15-4-8-17(9-5-15)22-19(24)13-23(18-10-11-18)12-14-2-6-16(21)7-3-14/h2-9,18H,10-13H2,1H3,(H,22,24)/p+1. The van der Waals surface area contributed by atoms with Crippen molar-refractivity contribution in [2.24, 2.45) is 0 Å². The molecule has 0 aliphatic heterocycles. The first kappa shape index (κ1) is 18.1. The number of quaternary nitrogens is 1. The van der Waals surface area contributed by atoms with E-state index in [9.17, 15) is 14.0 Å². The van der Waals surface area contributed by atoms with Crippen LogP contribution < -0.4 is 10.2 Å². The molecule has 1 atom stereocenters. The molecule has 0 spiro atoms. The second-order valence-corrected chi connectivity index (χ2v) is 6.53. The lowest BCUT2D eigenvalue weighted by Crippen LogP contribution is -3.13. The second-order valence-electron chi connectivity index (χ2n) is 6.53. The Balaban J connectivity index is 1.58. The van der Waals surface area contributed by atoms with Gasteiger partial charge in [0.05, 0.1) is 18.7 Å². The molecule has 1 aliphatic carbocycles. The van der Waals surface area contributed by atoms with Crippen molar-refractivity contribution >= 4 is 17.6 Å².